The molecule has 18 heavy (non-hydrogen) atoms. The van der Waals surface area contributed by atoms with Crippen molar-refractivity contribution in [1.82, 2.24) is 0 Å². The standard InChI is InChI=1S/C12H8F3NO2/c13-12(14,15)8-3-1-2-7(6-8)9-4-5-10(18-9)11(16)17/h1-6H,(H2,16,17). The van der Waals surface area contributed by atoms with Gasteiger partial charge >= 0.3 is 6.18 Å². The van der Waals surface area contributed by atoms with E-state index in [0.29, 0.717) is 0 Å². The number of benzene rings is 1. The lowest BCUT2D eigenvalue weighted by Gasteiger charge is -2.07. The van der Waals surface area contributed by atoms with Crippen molar-refractivity contribution in [3.05, 3.63) is 47.7 Å². The van der Waals surface area contributed by atoms with E-state index in [1.165, 1.54) is 24.3 Å². The minimum Gasteiger partial charge on any atom is -0.451 e. The molecule has 94 valence electrons. The number of furan rings is 1. The second-order valence-electron chi connectivity index (χ2n) is 3.61. The highest BCUT2D eigenvalue weighted by Gasteiger charge is 2.30. The summed E-state index contributed by atoms with van der Waals surface area (Å²) in [6.07, 6.45) is -4.42. The first-order valence-corrected chi connectivity index (χ1v) is 4.95. The van der Waals surface area contributed by atoms with Crippen molar-refractivity contribution in [3.63, 3.8) is 0 Å². The minimum absolute atomic E-state index is 0.0950. The van der Waals surface area contributed by atoms with Crippen LogP contribution in [0.5, 0.6) is 0 Å². The van der Waals surface area contributed by atoms with Crippen molar-refractivity contribution < 1.29 is 22.4 Å². The molecule has 0 fully saturated rings. The predicted octanol–water partition coefficient (Wildman–Crippen LogP) is 3.06. The summed E-state index contributed by atoms with van der Waals surface area (Å²) in [6, 6.07) is 7.35. The Morgan fingerprint density at radius 3 is 2.44 bits per heavy atom. The first-order valence-electron chi connectivity index (χ1n) is 4.95. The third-order valence-electron chi connectivity index (χ3n) is 2.32. The van der Waals surface area contributed by atoms with Gasteiger partial charge in [0.1, 0.15) is 5.76 Å². The Hall–Kier alpha value is -2.24. The molecule has 6 heteroatoms. The minimum atomic E-state index is -4.42. The van der Waals surface area contributed by atoms with Gasteiger partial charge in [-0.1, -0.05) is 12.1 Å². The highest BCUT2D eigenvalue weighted by molar-refractivity contribution is 5.90. The molecule has 1 heterocycles. The van der Waals surface area contributed by atoms with Crippen LogP contribution in [0.4, 0.5) is 13.2 Å². The molecule has 0 spiro atoms. The molecule has 0 saturated heterocycles. The highest BCUT2D eigenvalue weighted by Crippen LogP contribution is 2.32. The van der Waals surface area contributed by atoms with E-state index in [2.05, 4.69) is 0 Å². The quantitative estimate of drug-likeness (QED) is 0.896. The number of hydrogen-bond acceptors (Lipinski definition) is 2. The second kappa shape index (κ2) is 4.21. The van der Waals surface area contributed by atoms with Gasteiger partial charge in [-0.05, 0) is 24.3 Å². The van der Waals surface area contributed by atoms with E-state index >= 15 is 0 Å². The fourth-order valence-electron chi connectivity index (χ4n) is 1.47. The number of hydrogen-bond donors (Lipinski definition) is 1. The summed E-state index contributed by atoms with van der Waals surface area (Å²) < 4.78 is 42.6. The lowest BCUT2D eigenvalue weighted by Crippen LogP contribution is -2.09. The zero-order valence-electron chi connectivity index (χ0n) is 8.99. The molecule has 0 bridgehead atoms. The van der Waals surface area contributed by atoms with Gasteiger partial charge in [0, 0.05) is 5.56 Å². The molecule has 1 aromatic carbocycles. The van der Waals surface area contributed by atoms with Crippen molar-refractivity contribution in [2.75, 3.05) is 0 Å². The molecule has 2 rings (SSSR count). The molecule has 0 saturated carbocycles. The zero-order chi connectivity index (χ0) is 13.3. The smallest absolute Gasteiger partial charge is 0.416 e. The molecular formula is C12H8F3NO2. The average molecular weight is 255 g/mol. The van der Waals surface area contributed by atoms with Crippen LogP contribution in [-0.4, -0.2) is 5.91 Å². The van der Waals surface area contributed by atoms with Crippen molar-refractivity contribution in [2.45, 2.75) is 6.18 Å². The van der Waals surface area contributed by atoms with E-state index in [9.17, 15) is 18.0 Å². The van der Waals surface area contributed by atoms with Gasteiger partial charge < -0.3 is 10.2 Å². The van der Waals surface area contributed by atoms with E-state index in [1.54, 1.807) is 0 Å². The Morgan fingerprint density at radius 2 is 1.89 bits per heavy atom. The molecule has 2 aromatic rings. The van der Waals surface area contributed by atoms with Crippen molar-refractivity contribution in [1.29, 1.82) is 0 Å². The second-order valence-corrected chi connectivity index (χ2v) is 3.61. The summed E-state index contributed by atoms with van der Waals surface area (Å²) >= 11 is 0. The maximum atomic E-state index is 12.5. The van der Waals surface area contributed by atoms with E-state index in [4.69, 9.17) is 10.2 Å². The van der Waals surface area contributed by atoms with Crippen LogP contribution in [0.15, 0.2) is 40.8 Å². The molecule has 0 atom stereocenters. The van der Waals surface area contributed by atoms with Crippen LogP contribution in [0.25, 0.3) is 11.3 Å². The monoisotopic (exact) mass is 255 g/mol. The summed E-state index contributed by atoms with van der Waals surface area (Å²) in [7, 11) is 0. The molecule has 0 aliphatic rings. The lowest BCUT2D eigenvalue weighted by atomic mass is 10.1. The Labute approximate surface area is 100 Å². The molecule has 0 aliphatic heterocycles. The summed E-state index contributed by atoms with van der Waals surface area (Å²) in [4.78, 5) is 10.8. The molecule has 0 aliphatic carbocycles. The number of primary amides is 1. The largest absolute Gasteiger partial charge is 0.451 e. The normalized spacial score (nSPS) is 11.5. The van der Waals surface area contributed by atoms with Gasteiger partial charge in [-0.2, -0.15) is 13.2 Å². The van der Waals surface area contributed by atoms with Crippen molar-refractivity contribution in [3.8, 4) is 11.3 Å². The third kappa shape index (κ3) is 2.37. The third-order valence-corrected chi connectivity index (χ3v) is 2.32. The summed E-state index contributed by atoms with van der Waals surface area (Å²) in [6.45, 7) is 0. The molecule has 1 amide bonds. The van der Waals surface area contributed by atoms with Gasteiger partial charge in [0.25, 0.3) is 5.91 Å². The topological polar surface area (TPSA) is 56.2 Å². The van der Waals surface area contributed by atoms with Crippen LogP contribution in [0, 0.1) is 0 Å². The SMILES string of the molecule is NC(=O)c1ccc(-c2cccc(C(F)(F)F)c2)o1. The Kier molecular flexibility index (Phi) is 2.86. The molecule has 0 radical (unpaired) electrons. The maximum absolute atomic E-state index is 12.5. The van der Waals surface area contributed by atoms with Crippen LogP contribution >= 0.6 is 0 Å². The lowest BCUT2D eigenvalue weighted by molar-refractivity contribution is -0.137. The molecular weight excluding hydrogens is 247 g/mol. The van der Waals surface area contributed by atoms with Gasteiger partial charge in [-0.25, -0.2) is 0 Å². The summed E-state index contributed by atoms with van der Waals surface area (Å²) in [5, 5.41) is 0. The summed E-state index contributed by atoms with van der Waals surface area (Å²) in [5.74, 6) is -0.703. The highest BCUT2D eigenvalue weighted by atomic mass is 19.4. The van der Waals surface area contributed by atoms with Gasteiger partial charge in [-0.3, -0.25) is 4.79 Å². The Morgan fingerprint density at radius 1 is 1.17 bits per heavy atom. The fraction of sp³-hybridized carbons (Fsp3) is 0.0833. The number of halogens is 3. The zero-order valence-corrected chi connectivity index (χ0v) is 8.99. The van der Waals surface area contributed by atoms with Crippen molar-refractivity contribution in [2.24, 2.45) is 5.73 Å². The maximum Gasteiger partial charge on any atom is 0.416 e. The van der Waals surface area contributed by atoms with Crippen LogP contribution in [0.3, 0.4) is 0 Å². The molecule has 3 nitrogen and oxygen atoms in total. The molecule has 0 unspecified atom stereocenters. The molecule has 1 aromatic heterocycles. The first-order chi connectivity index (χ1) is 8.38. The van der Waals surface area contributed by atoms with Crippen LogP contribution in [-0.2, 0) is 6.18 Å². The fourth-order valence-corrected chi connectivity index (χ4v) is 1.47. The number of alkyl halides is 3. The number of nitrogens with two attached hydrogens (primary N) is 1. The average Bonchev–Trinajstić information content (AvgIpc) is 2.77. The van der Waals surface area contributed by atoms with E-state index < -0.39 is 17.6 Å². The van der Waals surface area contributed by atoms with Gasteiger partial charge in [0.05, 0.1) is 5.56 Å². The van der Waals surface area contributed by atoms with Gasteiger partial charge in [0.15, 0.2) is 5.76 Å². The number of carbonyl (C=O) groups excluding carboxylic acids is 1. The van der Waals surface area contributed by atoms with E-state index in [0.717, 1.165) is 12.1 Å². The van der Waals surface area contributed by atoms with Gasteiger partial charge in [-0.15, -0.1) is 0 Å². The van der Waals surface area contributed by atoms with Crippen LogP contribution in [0.2, 0.25) is 0 Å². The summed E-state index contributed by atoms with van der Waals surface area (Å²) in [5.41, 5.74) is 4.44. The van der Waals surface area contributed by atoms with Crippen molar-refractivity contribution >= 4 is 5.91 Å². The Balaban J connectivity index is 2.41. The number of carbonyl (C=O) groups is 1. The number of rotatable bonds is 2. The van der Waals surface area contributed by atoms with E-state index in [1.807, 2.05) is 0 Å². The number of amides is 1. The van der Waals surface area contributed by atoms with Crippen LogP contribution in [0.1, 0.15) is 16.1 Å². The Bertz CT molecular complexity index is 587. The van der Waals surface area contributed by atoms with Gasteiger partial charge in [0.2, 0.25) is 0 Å². The molecule has 2 N–H and O–H groups in total. The predicted molar refractivity (Wildman–Crippen MR) is 57.7 cm³/mol. The first kappa shape index (κ1) is 12.2. The van der Waals surface area contributed by atoms with E-state index in [-0.39, 0.29) is 17.1 Å². The van der Waals surface area contributed by atoms with Crippen LogP contribution < -0.4 is 5.73 Å².